The molecule has 0 amide bonds. The Morgan fingerprint density at radius 3 is 2.56 bits per heavy atom. The summed E-state index contributed by atoms with van der Waals surface area (Å²) < 4.78 is 37.9. The molecule has 3 nitrogen and oxygen atoms in total. The minimum atomic E-state index is -4.39. The average Bonchev–Trinajstić information content (AvgIpc) is 2.87. The fourth-order valence-corrected chi connectivity index (χ4v) is 2.21. The number of halogens is 3. The summed E-state index contributed by atoms with van der Waals surface area (Å²) in [6.45, 7) is -0.684. The second kappa shape index (κ2) is 3.43. The molecule has 1 saturated carbocycles. The molecule has 0 saturated heterocycles. The molecule has 1 fully saturated rings. The largest absolute Gasteiger partial charge is 0.394 e. The van der Waals surface area contributed by atoms with Gasteiger partial charge in [0.25, 0.3) is 0 Å². The average molecular weight is 232 g/mol. The van der Waals surface area contributed by atoms with Crippen LogP contribution in [0.2, 0.25) is 0 Å². The van der Waals surface area contributed by atoms with Gasteiger partial charge in [-0.3, -0.25) is 4.98 Å². The lowest BCUT2D eigenvalue weighted by atomic mass is 10.1. The molecule has 2 rings (SSSR count). The molecule has 3 N–H and O–H groups in total. The molecule has 6 heteroatoms. The van der Waals surface area contributed by atoms with Crippen LogP contribution in [0.25, 0.3) is 0 Å². The van der Waals surface area contributed by atoms with Gasteiger partial charge in [-0.25, -0.2) is 0 Å². The zero-order chi connectivity index (χ0) is 12.0. The van der Waals surface area contributed by atoms with Gasteiger partial charge < -0.3 is 10.8 Å². The Labute approximate surface area is 90.1 Å². The zero-order valence-corrected chi connectivity index (χ0v) is 8.28. The maximum Gasteiger partial charge on any atom is 0.394 e. The third-order valence-electron chi connectivity index (χ3n) is 3.05. The predicted octanol–water partition coefficient (Wildman–Crippen LogP) is 1.05. The van der Waals surface area contributed by atoms with Crippen molar-refractivity contribution in [3.63, 3.8) is 0 Å². The van der Waals surface area contributed by atoms with E-state index in [0.29, 0.717) is 5.56 Å². The van der Waals surface area contributed by atoms with Gasteiger partial charge in [0.15, 0.2) is 0 Å². The molecule has 0 unspecified atom stereocenters. The van der Waals surface area contributed by atoms with Gasteiger partial charge >= 0.3 is 6.18 Å². The van der Waals surface area contributed by atoms with Gasteiger partial charge in [-0.05, 0) is 11.6 Å². The van der Waals surface area contributed by atoms with E-state index < -0.39 is 30.2 Å². The molecule has 0 bridgehead atoms. The fraction of sp³-hybridized carbons (Fsp3) is 0.500. The van der Waals surface area contributed by atoms with Crippen LogP contribution in [0.3, 0.4) is 0 Å². The molecule has 1 heterocycles. The van der Waals surface area contributed by atoms with Gasteiger partial charge in [0, 0.05) is 18.3 Å². The van der Waals surface area contributed by atoms with Crippen molar-refractivity contribution >= 4 is 0 Å². The van der Waals surface area contributed by atoms with E-state index >= 15 is 0 Å². The van der Waals surface area contributed by atoms with Crippen molar-refractivity contribution in [3.05, 3.63) is 30.1 Å². The van der Waals surface area contributed by atoms with Gasteiger partial charge in [-0.1, -0.05) is 6.07 Å². The summed E-state index contributed by atoms with van der Waals surface area (Å²) in [6, 6.07) is 3.10. The molecule has 0 spiro atoms. The van der Waals surface area contributed by atoms with Crippen LogP contribution < -0.4 is 5.73 Å². The van der Waals surface area contributed by atoms with Crippen molar-refractivity contribution in [2.24, 2.45) is 11.7 Å². The first kappa shape index (κ1) is 11.3. The fourth-order valence-electron chi connectivity index (χ4n) is 2.21. The van der Waals surface area contributed by atoms with E-state index in [1.165, 1.54) is 12.4 Å². The molecule has 1 aliphatic rings. The highest BCUT2D eigenvalue weighted by Crippen LogP contribution is 2.62. The summed E-state index contributed by atoms with van der Waals surface area (Å²) in [5.41, 5.74) is 4.38. The minimum absolute atomic E-state index is 0.418. The lowest BCUT2D eigenvalue weighted by Crippen LogP contribution is -2.34. The zero-order valence-electron chi connectivity index (χ0n) is 8.28. The Morgan fingerprint density at radius 2 is 2.19 bits per heavy atom. The van der Waals surface area contributed by atoms with E-state index in [2.05, 4.69) is 4.98 Å². The standard InChI is InChI=1S/C10H11F3N2O/c11-10(12,13)8-7(9(8,14)5-16)6-2-1-3-15-4-6/h1-4,7-8,16H,5,14H2/t7-,8-,9-/m1/s1. The van der Waals surface area contributed by atoms with Crippen LogP contribution in [0, 0.1) is 5.92 Å². The van der Waals surface area contributed by atoms with Crippen LogP contribution in [0.1, 0.15) is 11.5 Å². The van der Waals surface area contributed by atoms with E-state index in [-0.39, 0.29) is 0 Å². The first-order chi connectivity index (χ1) is 7.41. The summed E-state index contributed by atoms with van der Waals surface area (Å²) in [4.78, 5) is 3.76. The number of pyridine rings is 1. The maximum absolute atomic E-state index is 12.6. The molecule has 0 radical (unpaired) electrons. The van der Waals surface area contributed by atoms with Crippen molar-refractivity contribution in [3.8, 4) is 0 Å². The molecular weight excluding hydrogens is 221 g/mol. The number of nitrogens with zero attached hydrogens (tertiary/aromatic N) is 1. The van der Waals surface area contributed by atoms with Crippen LogP contribution in [0.4, 0.5) is 13.2 Å². The van der Waals surface area contributed by atoms with Gasteiger partial charge in [-0.15, -0.1) is 0 Å². The number of alkyl halides is 3. The summed E-state index contributed by atoms with van der Waals surface area (Å²) in [6.07, 6.45) is -1.56. The number of aromatic nitrogens is 1. The minimum Gasteiger partial charge on any atom is -0.394 e. The number of aliphatic hydroxyl groups excluding tert-OH is 1. The molecule has 16 heavy (non-hydrogen) atoms. The Balaban J connectivity index is 2.31. The van der Waals surface area contributed by atoms with Gasteiger partial charge in [0.1, 0.15) is 0 Å². The third kappa shape index (κ3) is 1.58. The highest BCUT2D eigenvalue weighted by atomic mass is 19.4. The SMILES string of the molecule is N[C@]1(CO)[C@H](c2cccnc2)[C@H]1C(F)(F)F. The van der Waals surface area contributed by atoms with Crippen molar-refractivity contribution in [1.29, 1.82) is 0 Å². The highest BCUT2D eigenvalue weighted by molar-refractivity contribution is 5.36. The maximum atomic E-state index is 12.6. The van der Waals surface area contributed by atoms with Gasteiger partial charge in [0.2, 0.25) is 0 Å². The molecule has 1 aliphatic carbocycles. The normalized spacial score (nSPS) is 33.8. The van der Waals surface area contributed by atoms with Crippen molar-refractivity contribution < 1.29 is 18.3 Å². The summed E-state index contributed by atoms with van der Waals surface area (Å²) >= 11 is 0. The second-order valence-corrected chi connectivity index (χ2v) is 4.05. The van der Waals surface area contributed by atoms with Crippen molar-refractivity contribution in [2.45, 2.75) is 17.6 Å². The van der Waals surface area contributed by atoms with E-state index in [4.69, 9.17) is 10.8 Å². The number of hydrogen-bond acceptors (Lipinski definition) is 3. The van der Waals surface area contributed by atoms with Gasteiger partial charge in [0.05, 0.1) is 18.1 Å². The summed E-state index contributed by atoms with van der Waals surface area (Å²) in [5.74, 6) is -2.58. The Kier molecular flexibility index (Phi) is 2.43. The van der Waals surface area contributed by atoms with E-state index in [9.17, 15) is 13.2 Å². The molecule has 0 aliphatic heterocycles. The van der Waals surface area contributed by atoms with E-state index in [1.54, 1.807) is 12.1 Å². The molecule has 1 aromatic rings. The quantitative estimate of drug-likeness (QED) is 0.801. The number of rotatable bonds is 2. The molecular formula is C10H11F3N2O. The van der Waals surface area contributed by atoms with Crippen LogP contribution in [-0.4, -0.2) is 28.4 Å². The topological polar surface area (TPSA) is 59.1 Å². The molecule has 3 atom stereocenters. The van der Waals surface area contributed by atoms with Crippen LogP contribution in [0.15, 0.2) is 24.5 Å². The summed E-state index contributed by atoms with van der Waals surface area (Å²) in [5, 5.41) is 8.99. The second-order valence-electron chi connectivity index (χ2n) is 4.05. The third-order valence-corrected chi connectivity index (χ3v) is 3.05. The first-order valence-corrected chi connectivity index (χ1v) is 4.77. The van der Waals surface area contributed by atoms with Crippen molar-refractivity contribution in [1.82, 2.24) is 4.98 Å². The van der Waals surface area contributed by atoms with Crippen LogP contribution >= 0.6 is 0 Å². The number of hydrogen-bond donors (Lipinski definition) is 2. The number of aliphatic hydroxyl groups is 1. The Bertz CT molecular complexity index is 381. The Morgan fingerprint density at radius 1 is 1.50 bits per heavy atom. The molecule has 0 aromatic carbocycles. The number of nitrogens with two attached hydrogens (primary N) is 1. The van der Waals surface area contributed by atoms with Crippen LogP contribution in [0.5, 0.6) is 0 Å². The monoisotopic (exact) mass is 232 g/mol. The lowest BCUT2D eigenvalue weighted by molar-refractivity contribution is -0.154. The van der Waals surface area contributed by atoms with Gasteiger partial charge in [-0.2, -0.15) is 13.2 Å². The predicted molar refractivity (Wildman–Crippen MR) is 50.5 cm³/mol. The Hall–Kier alpha value is -1.14. The van der Waals surface area contributed by atoms with Crippen LogP contribution in [-0.2, 0) is 0 Å². The molecule has 1 aromatic heterocycles. The summed E-state index contributed by atoms with van der Waals surface area (Å²) in [7, 11) is 0. The van der Waals surface area contributed by atoms with E-state index in [0.717, 1.165) is 0 Å². The van der Waals surface area contributed by atoms with Crippen molar-refractivity contribution in [2.75, 3.05) is 6.61 Å². The lowest BCUT2D eigenvalue weighted by Gasteiger charge is -2.09. The highest BCUT2D eigenvalue weighted by Gasteiger charge is 2.73. The first-order valence-electron chi connectivity index (χ1n) is 4.77. The smallest absolute Gasteiger partial charge is 0.394 e. The van der Waals surface area contributed by atoms with E-state index in [1.807, 2.05) is 0 Å². The molecule has 88 valence electrons.